The van der Waals surface area contributed by atoms with Crippen molar-refractivity contribution in [2.45, 2.75) is 45.9 Å². The van der Waals surface area contributed by atoms with E-state index >= 15 is 0 Å². The molecule has 0 aliphatic rings. The minimum Gasteiger partial charge on any atom is -0.485 e. The fraction of sp³-hybridized carbons (Fsp3) is 0.438. The van der Waals surface area contributed by atoms with Gasteiger partial charge in [-0.05, 0) is 44.9 Å². The molecule has 0 saturated carbocycles. The summed E-state index contributed by atoms with van der Waals surface area (Å²) < 4.78 is 7.80. The number of halogens is 1. The van der Waals surface area contributed by atoms with E-state index in [9.17, 15) is 0 Å². The van der Waals surface area contributed by atoms with Crippen LogP contribution in [0.1, 0.15) is 38.1 Å². The van der Waals surface area contributed by atoms with Crippen molar-refractivity contribution in [2.24, 2.45) is 5.73 Å². The summed E-state index contributed by atoms with van der Waals surface area (Å²) in [6.07, 6.45) is 2.69. The summed E-state index contributed by atoms with van der Waals surface area (Å²) in [7, 11) is 0. The molecular weight excluding hydrogens is 286 g/mol. The predicted octanol–water partition coefficient (Wildman–Crippen LogP) is 3.59. The molecule has 0 bridgehead atoms. The van der Waals surface area contributed by atoms with Crippen molar-refractivity contribution in [1.29, 1.82) is 0 Å². The number of hydrogen-bond donors (Lipinski definition) is 1. The maximum atomic E-state index is 6.24. The van der Waals surface area contributed by atoms with E-state index in [1.165, 1.54) is 0 Å². The standard InChI is InChI=1S/C16H22ClN3O/c1-11(2)20-8-7-14(19-20)10-21-16-13(9-12(3)18)5-4-6-15(16)17/h4-8,11-12H,9-10,18H2,1-3H3. The summed E-state index contributed by atoms with van der Waals surface area (Å²) in [5.41, 5.74) is 7.79. The Labute approximate surface area is 130 Å². The van der Waals surface area contributed by atoms with Gasteiger partial charge in [0.2, 0.25) is 0 Å². The van der Waals surface area contributed by atoms with Gasteiger partial charge < -0.3 is 10.5 Å². The minimum absolute atomic E-state index is 0.0611. The van der Waals surface area contributed by atoms with Gasteiger partial charge in [0.05, 0.1) is 10.7 Å². The van der Waals surface area contributed by atoms with Gasteiger partial charge in [0.25, 0.3) is 0 Å². The molecule has 0 spiro atoms. The summed E-state index contributed by atoms with van der Waals surface area (Å²) >= 11 is 6.24. The zero-order valence-corrected chi connectivity index (χ0v) is 13.5. The number of ether oxygens (including phenoxy) is 1. The van der Waals surface area contributed by atoms with Gasteiger partial charge in [0.15, 0.2) is 0 Å². The van der Waals surface area contributed by atoms with E-state index in [-0.39, 0.29) is 6.04 Å². The predicted molar refractivity (Wildman–Crippen MR) is 85.7 cm³/mol. The van der Waals surface area contributed by atoms with Crippen molar-refractivity contribution in [3.05, 3.63) is 46.7 Å². The van der Waals surface area contributed by atoms with Crippen molar-refractivity contribution in [2.75, 3.05) is 0 Å². The van der Waals surface area contributed by atoms with Gasteiger partial charge >= 0.3 is 0 Å². The molecule has 1 aromatic carbocycles. The van der Waals surface area contributed by atoms with Crippen LogP contribution in [0.3, 0.4) is 0 Å². The molecule has 1 atom stereocenters. The maximum absolute atomic E-state index is 6.24. The molecular formula is C16H22ClN3O. The monoisotopic (exact) mass is 307 g/mol. The minimum atomic E-state index is 0.0611. The lowest BCUT2D eigenvalue weighted by atomic mass is 10.1. The Morgan fingerprint density at radius 3 is 2.67 bits per heavy atom. The summed E-state index contributed by atoms with van der Waals surface area (Å²) in [6.45, 7) is 6.54. The smallest absolute Gasteiger partial charge is 0.141 e. The molecule has 0 saturated heterocycles. The number of hydrogen-bond acceptors (Lipinski definition) is 3. The van der Waals surface area contributed by atoms with Crippen molar-refractivity contribution >= 4 is 11.6 Å². The Morgan fingerprint density at radius 1 is 1.29 bits per heavy atom. The first-order valence-electron chi connectivity index (χ1n) is 7.17. The highest BCUT2D eigenvalue weighted by molar-refractivity contribution is 6.32. The average molecular weight is 308 g/mol. The first-order valence-corrected chi connectivity index (χ1v) is 7.55. The molecule has 5 heteroatoms. The normalized spacial score (nSPS) is 12.7. The molecule has 2 aromatic rings. The number of para-hydroxylation sites is 1. The molecule has 114 valence electrons. The zero-order valence-electron chi connectivity index (χ0n) is 12.7. The van der Waals surface area contributed by atoms with Crippen LogP contribution < -0.4 is 10.5 Å². The molecule has 0 amide bonds. The lowest BCUT2D eigenvalue weighted by Gasteiger charge is -2.14. The molecule has 21 heavy (non-hydrogen) atoms. The second-order valence-corrected chi connectivity index (χ2v) is 5.99. The van der Waals surface area contributed by atoms with Gasteiger partial charge in [-0.3, -0.25) is 4.68 Å². The highest BCUT2D eigenvalue weighted by atomic mass is 35.5. The first-order chi connectivity index (χ1) is 9.97. The molecule has 4 nitrogen and oxygen atoms in total. The third kappa shape index (κ3) is 4.22. The van der Waals surface area contributed by atoms with Gasteiger partial charge in [-0.2, -0.15) is 5.10 Å². The van der Waals surface area contributed by atoms with Gasteiger partial charge in [0.1, 0.15) is 12.4 Å². The summed E-state index contributed by atoms with van der Waals surface area (Å²) in [6, 6.07) is 8.10. The van der Waals surface area contributed by atoms with E-state index in [2.05, 4.69) is 18.9 Å². The molecule has 0 radical (unpaired) electrons. The molecule has 0 aliphatic heterocycles. The zero-order chi connectivity index (χ0) is 15.4. The Bertz CT molecular complexity index is 593. The van der Waals surface area contributed by atoms with Crippen LogP contribution in [0.15, 0.2) is 30.5 Å². The van der Waals surface area contributed by atoms with E-state index in [0.717, 1.165) is 17.7 Å². The summed E-state index contributed by atoms with van der Waals surface area (Å²) in [4.78, 5) is 0. The summed E-state index contributed by atoms with van der Waals surface area (Å²) in [5.74, 6) is 0.704. The van der Waals surface area contributed by atoms with Gasteiger partial charge in [0, 0.05) is 18.3 Å². The molecule has 1 aromatic heterocycles. The van der Waals surface area contributed by atoms with Gasteiger partial charge in [-0.25, -0.2) is 0 Å². The van der Waals surface area contributed by atoms with Gasteiger partial charge in [-0.1, -0.05) is 23.7 Å². The maximum Gasteiger partial charge on any atom is 0.141 e. The molecule has 2 N–H and O–H groups in total. The molecule has 1 heterocycles. The SMILES string of the molecule is CC(N)Cc1cccc(Cl)c1OCc1ccn(C(C)C)n1. The number of rotatable bonds is 6. The van der Waals surface area contributed by atoms with Crippen molar-refractivity contribution < 1.29 is 4.74 Å². The Balaban J connectivity index is 2.11. The number of nitrogens with two attached hydrogens (primary N) is 1. The molecule has 1 unspecified atom stereocenters. The van der Waals surface area contributed by atoms with Crippen LogP contribution >= 0.6 is 11.6 Å². The lowest BCUT2D eigenvalue weighted by molar-refractivity contribution is 0.295. The van der Waals surface area contributed by atoms with E-state index in [1.54, 1.807) is 0 Å². The van der Waals surface area contributed by atoms with E-state index < -0.39 is 0 Å². The lowest BCUT2D eigenvalue weighted by Crippen LogP contribution is -2.18. The Morgan fingerprint density at radius 2 is 2.05 bits per heavy atom. The fourth-order valence-corrected chi connectivity index (χ4v) is 2.36. The third-order valence-electron chi connectivity index (χ3n) is 3.15. The van der Waals surface area contributed by atoms with E-state index in [4.69, 9.17) is 22.1 Å². The van der Waals surface area contributed by atoms with Gasteiger partial charge in [-0.15, -0.1) is 0 Å². The van der Waals surface area contributed by atoms with Crippen molar-refractivity contribution in [3.63, 3.8) is 0 Å². The van der Waals surface area contributed by atoms with Crippen LogP contribution in [0.4, 0.5) is 0 Å². The number of aromatic nitrogens is 2. The average Bonchev–Trinajstić information content (AvgIpc) is 2.86. The van der Waals surface area contributed by atoms with Crippen LogP contribution in [0.25, 0.3) is 0 Å². The molecule has 0 fully saturated rings. The van der Waals surface area contributed by atoms with Crippen LogP contribution in [0.5, 0.6) is 5.75 Å². The third-order valence-corrected chi connectivity index (χ3v) is 3.45. The number of benzene rings is 1. The van der Waals surface area contributed by atoms with Crippen LogP contribution in [0.2, 0.25) is 5.02 Å². The van der Waals surface area contributed by atoms with E-state index in [1.807, 2.05) is 42.1 Å². The second kappa shape index (κ2) is 6.96. The first kappa shape index (κ1) is 15.9. The van der Waals surface area contributed by atoms with Crippen molar-refractivity contribution in [3.8, 4) is 5.75 Å². The Kier molecular flexibility index (Phi) is 5.26. The largest absolute Gasteiger partial charge is 0.485 e. The van der Waals surface area contributed by atoms with Crippen LogP contribution in [0, 0.1) is 0 Å². The van der Waals surface area contributed by atoms with Crippen LogP contribution in [-0.4, -0.2) is 15.8 Å². The fourth-order valence-electron chi connectivity index (χ4n) is 2.11. The highest BCUT2D eigenvalue weighted by Gasteiger charge is 2.11. The van der Waals surface area contributed by atoms with Crippen molar-refractivity contribution in [1.82, 2.24) is 9.78 Å². The Hall–Kier alpha value is -1.52. The highest BCUT2D eigenvalue weighted by Crippen LogP contribution is 2.30. The topological polar surface area (TPSA) is 53.1 Å². The quantitative estimate of drug-likeness (QED) is 0.887. The van der Waals surface area contributed by atoms with Crippen LogP contribution in [-0.2, 0) is 13.0 Å². The molecule has 2 rings (SSSR count). The number of nitrogens with zero attached hydrogens (tertiary/aromatic N) is 2. The molecule has 0 aliphatic carbocycles. The summed E-state index contributed by atoms with van der Waals surface area (Å²) in [5, 5.41) is 5.08. The van der Waals surface area contributed by atoms with E-state index in [0.29, 0.717) is 23.4 Å². The second-order valence-electron chi connectivity index (χ2n) is 5.58.